The summed E-state index contributed by atoms with van der Waals surface area (Å²) in [6.07, 6.45) is 1.05. The Balaban J connectivity index is 3.20. The quantitative estimate of drug-likeness (QED) is 0.351. The minimum atomic E-state index is -0.654. The molecule has 0 heterocycles. The lowest BCUT2D eigenvalue weighted by Gasteiger charge is -2.04. The third-order valence-electron chi connectivity index (χ3n) is 2.30. The lowest BCUT2D eigenvalue weighted by atomic mass is 10.0. The Labute approximate surface area is 109 Å². The van der Waals surface area contributed by atoms with E-state index in [2.05, 4.69) is 0 Å². The van der Waals surface area contributed by atoms with Crippen molar-refractivity contribution in [3.63, 3.8) is 0 Å². The van der Waals surface area contributed by atoms with E-state index in [9.17, 15) is 19.7 Å². The third kappa shape index (κ3) is 4.02. The molecule has 0 aliphatic rings. The number of hydrogen-bond acceptors (Lipinski definition) is 5. The second-order valence-electron chi connectivity index (χ2n) is 3.67. The lowest BCUT2D eigenvalue weighted by molar-refractivity contribution is -0.384. The number of Topliss-reactive ketones (excluding diaryl/α,β-unsaturated/α-hetero) is 1. The van der Waals surface area contributed by atoms with Gasteiger partial charge in [-0.25, -0.2) is 4.79 Å². The van der Waals surface area contributed by atoms with Crippen molar-refractivity contribution < 1.29 is 19.2 Å². The van der Waals surface area contributed by atoms with Crippen LogP contribution < -0.4 is 0 Å². The summed E-state index contributed by atoms with van der Waals surface area (Å²) in [5.41, 5.74) is 0.255. The van der Waals surface area contributed by atoms with Crippen LogP contribution in [-0.4, -0.2) is 23.3 Å². The number of rotatable bonds is 5. The average Bonchev–Trinajstić information content (AvgIpc) is 2.36. The molecule has 0 amide bonds. The van der Waals surface area contributed by atoms with E-state index in [0.29, 0.717) is 5.56 Å². The summed E-state index contributed by atoms with van der Waals surface area (Å²) < 4.78 is 4.72. The van der Waals surface area contributed by atoms with Gasteiger partial charge in [-0.2, -0.15) is 0 Å². The second-order valence-corrected chi connectivity index (χ2v) is 3.67. The van der Waals surface area contributed by atoms with Crippen LogP contribution in [0.5, 0.6) is 0 Å². The van der Waals surface area contributed by atoms with Crippen molar-refractivity contribution in [3.8, 4) is 0 Å². The number of esters is 1. The number of nitrogens with zero attached hydrogens (tertiary/aromatic N) is 1. The molecule has 6 heteroatoms. The first kappa shape index (κ1) is 14.6. The van der Waals surface area contributed by atoms with Gasteiger partial charge >= 0.3 is 5.97 Å². The molecule has 0 atom stereocenters. The van der Waals surface area contributed by atoms with Crippen LogP contribution in [0.1, 0.15) is 19.4 Å². The SMILES string of the molecule is CCOC(=O)/C=C(\C(C)=O)c1cccc([N+](=O)[O-])c1. The molecule has 0 N–H and O–H groups in total. The molecular formula is C13H13NO5. The fourth-order valence-electron chi connectivity index (χ4n) is 1.48. The molecular weight excluding hydrogens is 250 g/mol. The standard InChI is InChI=1S/C13H13NO5/c1-3-19-13(16)8-12(9(2)15)10-5-4-6-11(7-10)14(17)18/h4-8H,3H2,1-2H3/b12-8+. The molecule has 0 fully saturated rings. The largest absolute Gasteiger partial charge is 0.463 e. The number of carbonyl (C=O) groups is 2. The molecule has 0 spiro atoms. The van der Waals surface area contributed by atoms with Gasteiger partial charge in [0.05, 0.1) is 11.5 Å². The van der Waals surface area contributed by atoms with Crippen LogP contribution in [-0.2, 0) is 14.3 Å². The highest BCUT2D eigenvalue weighted by molar-refractivity contribution is 6.23. The predicted molar refractivity (Wildman–Crippen MR) is 68.4 cm³/mol. The number of ketones is 1. The molecule has 0 saturated heterocycles. The van der Waals surface area contributed by atoms with Crippen molar-refractivity contribution in [3.05, 3.63) is 46.0 Å². The lowest BCUT2D eigenvalue weighted by Crippen LogP contribution is -2.05. The zero-order chi connectivity index (χ0) is 14.4. The van der Waals surface area contributed by atoms with Crippen LogP contribution >= 0.6 is 0 Å². The molecule has 1 rings (SSSR count). The van der Waals surface area contributed by atoms with Crippen LogP contribution in [0.3, 0.4) is 0 Å². The highest BCUT2D eigenvalue weighted by atomic mass is 16.6. The van der Waals surface area contributed by atoms with Gasteiger partial charge in [0.2, 0.25) is 0 Å². The van der Waals surface area contributed by atoms with Gasteiger partial charge in [0, 0.05) is 23.8 Å². The van der Waals surface area contributed by atoms with Gasteiger partial charge < -0.3 is 4.74 Å². The topological polar surface area (TPSA) is 86.5 Å². The molecule has 1 aromatic rings. The molecule has 0 aliphatic heterocycles. The average molecular weight is 263 g/mol. The van der Waals surface area contributed by atoms with Gasteiger partial charge in [-0.05, 0) is 19.4 Å². The predicted octanol–water partition coefficient (Wildman–Crippen LogP) is 2.13. The van der Waals surface area contributed by atoms with E-state index in [0.717, 1.165) is 6.08 Å². The van der Waals surface area contributed by atoms with Gasteiger partial charge in [-0.15, -0.1) is 0 Å². The van der Waals surface area contributed by atoms with E-state index in [1.54, 1.807) is 6.92 Å². The highest BCUT2D eigenvalue weighted by Gasteiger charge is 2.14. The van der Waals surface area contributed by atoms with E-state index < -0.39 is 10.9 Å². The highest BCUT2D eigenvalue weighted by Crippen LogP contribution is 2.21. The molecule has 0 saturated carbocycles. The Hall–Kier alpha value is -2.50. The Morgan fingerprint density at radius 2 is 2.11 bits per heavy atom. The van der Waals surface area contributed by atoms with Crippen molar-refractivity contribution in [2.75, 3.05) is 6.61 Å². The minimum absolute atomic E-state index is 0.0853. The smallest absolute Gasteiger partial charge is 0.331 e. The maximum Gasteiger partial charge on any atom is 0.331 e. The summed E-state index contributed by atoms with van der Waals surface area (Å²) in [6.45, 7) is 3.12. The Morgan fingerprint density at radius 3 is 2.63 bits per heavy atom. The minimum Gasteiger partial charge on any atom is -0.463 e. The number of non-ortho nitro benzene ring substituents is 1. The monoisotopic (exact) mass is 263 g/mol. The molecule has 0 radical (unpaired) electrons. The summed E-state index contributed by atoms with van der Waals surface area (Å²) >= 11 is 0. The summed E-state index contributed by atoms with van der Waals surface area (Å²) in [6, 6.07) is 5.53. The fraction of sp³-hybridized carbons (Fsp3) is 0.231. The molecule has 0 aromatic heterocycles. The number of allylic oxidation sites excluding steroid dienone is 1. The number of nitro groups is 1. The number of nitro benzene ring substituents is 1. The molecule has 1 aromatic carbocycles. The second kappa shape index (κ2) is 6.44. The van der Waals surface area contributed by atoms with Gasteiger partial charge in [0.15, 0.2) is 5.78 Å². The number of hydrogen-bond donors (Lipinski definition) is 0. The van der Waals surface area contributed by atoms with E-state index >= 15 is 0 Å². The third-order valence-corrected chi connectivity index (χ3v) is 2.30. The zero-order valence-electron chi connectivity index (χ0n) is 10.6. The van der Waals surface area contributed by atoms with Crippen molar-refractivity contribution in [2.45, 2.75) is 13.8 Å². The van der Waals surface area contributed by atoms with E-state index in [-0.39, 0.29) is 23.7 Å². The van der Waals surface area contributed by atoms with Crippen LogP contribution in [0.2, 0.25) is 0 Å². The van der Waals surface area contributed by atoms with Crippen molar-refractivity contribution in [2.24, 2.45) is 0 Å². The van der Waals surface area contributed by atoms with Gasteiger partial charge in [0.1, 0.15) is 0 Å². The molecule has 6 nitrogen and oxygen atoms in total. The first-order valence-electron chi connectivity index (χ1n) is 5.60. The maximum atomic E-state index is 11.5. The van der Waals surface area contributed by atoms with E-state index in [1.165, 1.54) is 31.2 Å². The first-order valence-corrected chi connectivity index (χ1v) is 5.60. The van der Waals surface area contributed by atoms with Crippen LogP contribution in [0.4, 0.5) is 5.69 Å². The number of benzene rings is 1. The molecule has 0 bridgehead atoms. The summed E-state index contributed by atoms with van der Waals surface area (Å²) in [5, 5.41) is 10.7. The van der Waals surface area contributed by atoms with Crippen LogP contribution in [0.15, 0.2) is 30.3 Å². The normalized spacial score (nSPS) is 10.9. The van der Waals surface area contributed by atoms with Gasteiger partial charge in [-0.1, -0.05) is 12.1 Å². The molecule has 19 heavy (non-hydrogen) atoms. The van der Waals surface area contributed by atoms with Crippen molar-refractivity contribution in [1.82, 2.24) is 0 Å². The zero-order valence-corrected chi connectivity index (χ0v) is 10.6. The summed E-state index contributed by atoms with van der Waals surface area (Å²) in [5.74, 6) is -1.02. The van der Waals surface area contributed by atoms with Crippen molar-refractivity contribution in [1.29, 1.82) is 0 Å². The van der Waals surface area contributed by atoms with Crippen molar-refractivity contribution >= 4 is 23.0 Å². The number of carbonyl (C=O) groups excluding carboxylic acids is 2. The summed E-state index contributed by atoms with van der Waals surface area (Å²) in [4.78, 5) is 33.0. The van der Waals surface area contributed by atoms with Gasteiger partial charge in [-0.3, -0.25) is 14.9 Å². The number of ether oxygens (including phenoxy) is 1. The fourth-order valence-corrected chi connectivity index (χ4v) is 1.48. The Morgan fingerprint density at radius 1 is 1.42 bits per heavy atom. The summed E-state index contributed by atoms with van der Waals surface area (Å²) in [7, 11) is 0. The molecule has 100 valence electrons. The van der Waals surface area contributed by atoms with Crippen LogP contribution in [0, 0.1) is 10.1 Å². The molecule has 0 unspecified atom stereocenters. The van der Waals surface area contributed by atoms with E-state index in [1.807, 2.05) is 0 Å². The maximum absolute atomic E-state index is 11.5. The first-order chi connectivity index (χ1) is 8.95. The van der Waals surface area contributed by atoms with Crippen LogP contribution in [0.25, 0.3) is 5.57 Å². The van der Waals surface area contributed by atoms with E-state index in [4.69, 9.17) is 4.74 Å². The van der Waals surface area contributed by atoms with Gasteiger partial charge in [0.25, 0.3) is 5.69 Å². The Bertz CT molecular complexity index is 548. The molecule has 0 aliphatic carbocycles. The Kier molecular flexibility index (Phi) is 4.93.